The van der Waals surface area contributed by atoms with Crippen molar-refractivity contribution < 1.29 is 5.11 Å². The highest BCUT2D eigenvalue weighted by atomic mass is 16.3. The monoisotopic (exact) mass is 205 g/mol. The van der Waals surface area contributed by atoms with Gasteiger partial charge in [-0.1, -0.05) is 19.9 Å². The third kappa shape index (κ3) is 1.86. The standard InChI is InChI=1S/C13H19NO/c1-9(2)8-13(15)6-5-10-7-11(14)3-4-12(10)13/h3-4,7,9,15H,5-6,8,14H2,1-2H3. The summed E-state index contributed by atoms with van der Waals surface area (Å²) in [6, 6.07) is 5.86. The minimum Gasteiger partial charge on any atom is -0.399 e. The van der Waals surface area contributed by atoms with E-state index in [9.17, 15) is 5.11 Å². The molecule has 1 aromatic rings. The molecule has 1 aliphatic rings. The molecule has 0 radical (unpaired) electrons. The van der Waals surface area contributed by atoms with Crippen LogP contribution in [0.25, 0.3) is 0 Å². The number of aryl methyl sites for hydroxylation is 1. The van der Waals surface area contributed by atoms with Crippen LogP contribution in [0.2, 0.25) is 0 Å². The molecule has 0 saturated carbocycles. The first-order valence-electron chi connectivity index (χ1n) is 5.62. The van der Waals surface area contributed by atoms with Gasteiger partial charge in [-0.2, -0.15) is 0 Å². The largest absolute Gasteiger partial charge is 0.399 e. The lowest BCUT2D eigenvalue weighted by Crippen LogP contribution is -2.24. The van der Waals surface area contributed by atoms with Crippen LogP contribution in [0.4, 0.5) is 5.69 Å². The molecule has 0 fully saturated rings. The van der Waals surface area contributed by atoms with Gasteiger partial charge in [-0.15, -0.1) is 0 Å². The summed E-state index contributed by atoms with van der Waals surface area (Å²) < 4.78 is 0. The summed E-state index contributed by atoms with van der Waals surface area (Å²) in [6.07, 6.45) is 2.62. The Kier molecular flexibility index (Phi) is 2.47. The van der Waals surface area contributed by atoms with E-state index in [0.29, 0.717) is 5.92 Å². The van der Waals surface area contributed by atoms with E-state index in [-0.39, 0.29) is 0 Å². The SMILES string of the molecule is CC(C)CC1(O)CCc2cc(N)ccc21. The smallest absolute Gasteiger partial charge is 0.0904 e. The van der Waals surface area contributed by atoms with Crippen LogP contribution >= 0.6 is 0 Å². The van der Waals surface area contributed by atoms with E-state index >= 15 is 0 Å². The molecule has 0 amide bonds. The lowest BCUT2D eigenvalue weighted by Gasteiger charge is -2.26. The van der Waals surface area contributed by atoms with Gasteiger partial charge in [0.1, 0.15) is 0 Å². The summed E-state index contributed by atoms with van der Waals surface area (Å²) in [5, 5.41) is 10.6. The van der Waals surface area contributed by atoms with Gasteiger partial charge >= 0.3 is 0 Å². The average Bonchev–Trinajstić information content (AvgIpc) is 2.42. The third-order valence-corrected chi connectivity index (χ3v) is 3.18. The van der Waals surface area contributed by atoms with Gasteiger partial charge in [0.05, 0.1) is 5.60 Å². The van der Waals surface area contributed by atoms with Crippen LogP contribution < -0.4 is 5.73 Å². The summed E-state index contributed by atoms with van der Waals surface area (Å²) in [5.74, 6) is 0.513. The number of rotatable bonds is 2. The molecule has 15 heavy (non-hydrogen) atoms. The lowest BCUT2D eigenvalue weighted by atomic mass is 9.87. The highest BCUT2D eigenvalue weighted by Gasteiger charge is 2.36. The molecule has 1 aliphatic carbocycles. The van der Waals surface area contributed by atoms with E-state index in [4.69, 9.17) is 5.73 Å². The van der Waals surface area contributed by atoms with Gasteiger partial charge in [-0.25, -0.2) is 0 Å². The van der Waals surface area contributed by atoms with Crippen LogP contribution in [-0.2, 0) is 12.0 Å². The Morgan fingerprint density at radius 2 is 2.20 bits per heavy atom. The Morgan fingerprint density at radius 3 is 2.87 bits per heavy atom. The summed E-state index contributed by atoms with van der Waals surface area (Å²) >= 11 is 0. The maximum absolute atomic E-state index is 10.6. The van der Waals surface area contributed by atoms with E-state index in [2.05, 4.69) is 13.8 Å². The number of nitrogen functional groups attached to an aromatic ring is 1. The quantitative estimate of drug-likeness (QED) is 0.728. The molecule has 2 heteroatoms. The van der Waals surface area contributed by atoms with Crippen molar-refractivity contribution in [1.29, 1.82) is 0 Å². The molecule has 0 bridgehead atoms. The van der Waals surface area contributed by atoms with Gasteiger partial charge < -0.3 is 10.8 Å². The van der Waals surface area contributed by atoms with Gasteiger partial charge in [0.2, 0.25) is 0 Å². The summed E-state index contributed by atoms with van der Waals surface area (Å²) in [4.78, 5) is 0. The molecule has 2 rings (SSSR count). The second-order valence-corrected chi connectivity index (χ2v) is 5.05. The molecule has 3 N–H and O–H groups in total. The van der Waals surface area contributed by atoms with Crippen LogP contribution in [0.1, 0.15) is 37.8 Å². The van der Waals surface area contributed by atoms with Crippen molar-refractivity contribution in [3.8, 4) is 0 Å². The minimum absolute atomic E-state index is 0.513. The maximum atomic E-state index is 10.6. The van der Waals surface area contributed by atoms with Crippen molar-refractivity contribution in [3.05, 3.63) is 29.3 Å². The third-order valence-electron chi connectivity index (χ3n) is 3.18. The maximum Gasteiger partial charge on any atom is 0.0904 e. The Hall–Kier alpha value is -1.02. The normalized spacial score (nSPS) is 24.5. The molecule has 0 spiro atoms. The minimum atomic E-state index is -0.614. The highest BCUT2D eigenvalue weighted by Crippen LogP contribution is 2.41. The predicted molar refractivity (Wildman–Crippen MR) is 62.5 cm³/mol. The number of aliphatic hydroxyl groups is 1. The van der Waals surface area contributed by atoms with Gasteiger partial charge in [0.25, 0.3) is 0 Å². The Bertz CT molecular complexity index is 373. The molecule has 2 nitrogen and oxygen atoms in total. The fourth-order valence-corrected chi connectivity index (χ4v) is 2.64. The first-order valence-corrected chi connectivity index (χ1v) is 5.62. The molecule has 0 aliphatic heterocycles. The molecule has 82 valence electrons. The van der Waals surface area contributed by atoms with Crippen molar-refractivity contribution >= 4 is 5.69 Å². The Labute approximate surface area is 91.1 Å². The molecule has 0 aromatic heterocycles. The zero-order valence-corrected chi connectivity index (χ0v) is 9.46. The van der Waals surface area contributed by atoms with Crippen LogP contribution in [0.3, 0.4) is 0 Å². The van der Waals surface area contributed by atoms with E-state index < -0.39 is 5.60 Å². The highest BCUT2D eigenvalue weighted by molar-refractivity contribution is 5.48. The molecule has 0 saturated heterocycles. The van der Waals surface area contributed by atoms with Crippen molar-refractivity contribution in [2.75, 3.05) is 5.73 Å². The van der Waals surface area contributed by atoms with E-state index in [1.54, 1.807) is 0 Å². The van der Waals surface area contributed by atoms with E-state index in [0.717, 1.165) is 30.5 Å². The summed E-state index contributed by atoms with van der Waals surface area (Å²) in [6.45, 7) is 4.29. The summed E-state index contributed by atoms with van der Waals surface area (Å²) in [5.41, 5.74) is 8.23. The molecule has 1 atom stereocenters. The lowest BCUT2D eigenvalue weighted by molar-refractivity contribution is 0.0173. The first-order chi connectivity index (χ1) is 7.01. The molecule has 1 unspecified atom stereocenters. The van der Waals surface area contributed by atoms with Crippen molar-refractivity contribution in [3.63, 3.8) is 0 Å². The van der Waals surface area contributed by atoms with Crippen LogP contribution in [-0.4, -0.2) is 5.11 Å². The second-order valence-electron chi connectivity index (χ2n) is 5.05. The van der Waals surface area contributed by atoms with Crippen LogP contribution in [0, 0.1) is 5.92 Å². The van der Waals surface area contributed by atoms with Gasteiger partial charge in [-0.05, 0) is 48.4 Å². The van der Waals surface area contributed by atoms with Crippen molar-refractivity contribution in [2.45, 2.75) is 38.7 Å². The first kappa shape index (κ1) is 10.5. The number of fused-ring (bicyclic) bond motifs is 1. The second kappa shape index (κ2) is 3.53. The molecule has 1 aromatic carbocycles. The number of nitrogens with two attached hydrogens (primary N) is 1. The number of hydrogen-bond donors (Lipinski definition) is 2. The van der Waals surface area contributed by atoms with E-state index in [1.807, 2.05) is 18.2 Å². The number of anilines is 1. The van der Waals surface area contributed by atoms with Gasteiger partial charge in [0.15, 0.2) is 0 Å². The zero-order chi connectivity index (χ0) is 11.1. The zero-order valence-electron chi connectivity index (χ0n) is 9.46. The molecular weight excluding hydrogens is 186 g/mol. The fourth-order valence-electron chi connectivity index (χ4n) is 2.64. The number of benzene rings is 1. The molecular formula is C13H19NO. The van der Waals surface area contributed by atoms with Crippen LogP contribution in [0.5, 0.6) is 0 Å². The topological polar surface area (TPSA) is 46.2 Å². The van der Waals surface area contributed by atoms with Crippen molar-refractivity contribution in [1.82, 2.24) is 0 Å². The van der Waals surface area contributed by atoms with Crippen LogP contribution in [0.15, 0.2) is 18.2 Å². The molecule has 0 heterocycles. The predicted octanol–water partition coefficient (Wildman–Crippen LogP) is 2.45. The fraction of sp³-hybridized carbons (Fsp3) is 0.538. The number of hydrogen-bond acceptors (Lipinski definition) is 2. The average molecular weight is 205 g/mol. The van der Waals surface area contributed by atoms with Gasteiger partial charge in [0, 0.05) is 5.69 Å². The van der Waals surface area contributed by atoms with E-state index in [1.165, 1.54) is 5.56 Å². The Balaban J connectivity index is 2.35. The van der Waals surface area contributed by atoms with Crippen molar-refractivity contribution in [2.24, 2.45) is 5.92 Å². The Morgan fingerprint density at radius 1 is 1.47 bits per heavy atom. The summed E-state index contributed by atoms with van der Waals surface area (Å²) in [7, 11) is 0. The van der Waals surface area contributed by atoms with Gasteiger partial charge in [-0.3, -0.25) is 0 Å².